The molecule has 31 heavy (non-hydrogen) atoms. The number of carbonyl (C=O) groups is 1. The van der Waals surface area contributed by atoms with Crippen molar-refractivity contribution >= 4 is 45.2 Å². The first-order chi connectivity index (χ1) is 14.8. The number of H-pyrrole nitrogens is 1. The number of fused-ring (bicyclic) bond motifs is 3. The van der Waals surface area contributed by atoms with E-state index in [-0.39, 0.29) is 24.2 Å². The number of anilines is 3. The first-order valence-corrected chi connectivity index (χ1v) is 11.5. The van der Waals surface area contributed by atoms with Crippen molar-refractivity contribution in [3.05, 3.63) is 23.2 Å². The molecule has 5 heterocycles. The second kappa shape index (κ2) is 7.37. The van der Waals surface area contributed by atoms with E-state index in [1.54, 1.807) is 11.3 Å². The van der Waals surface area contributed by atoms with Gasteiger partial charge in [-0.1, -0.05) is 0 Å². The van der Waals surface area contributed by atoms with Crippen LogP contribution in [0.25, 0.3) is 10.2 Å². The van der Waals surface area contributed by atoms with Gasteiger partial charge in [-0.05, 0) is 58.4 Å². The fourth-order valence-corrected chi connectivity index (χ4v) is 5.31. The molecule has 3 aromatic heterocycles. The highest BCUT2D eigenvalue weighted by molar-refractivity contribution is 7.17. The first-order valence-electron chi connectivity index (χ1n) is 10.6. The number of hydrogen-bond donors (Lipinski definition) is 3. The predicted octanol–water partition coefficient (Wildman–Crippen LogP) is 4.42. The Morgan fingerprint density at radius 2 is 2.16 bits per heavy atom. The summed E-state index contributed by atoms with van der Waals surface area (Å²) in [6, 6.07) is 4.32. The van der Waals surface area contributed by atoms with E-state index in [2.05, 4.69) is 20.8 Å². The molecule has 0 aromatic carbocycles. The van der Waals surface area contributed by atoms with Gasteiger partial charge in [-0.2, -0.15) is 10.1 Å². The van der Waals surface area contributed by atoms with Crippen LogP contribution in [0.3, 0.4) is 0 Å². The molecule has 9 nitrogen and oxygen atoms in total. The van der Waals surface area contributed by atoms with Crippen LogP contribution in [0.15, 0.2) is 17.5 Å². The number of carbonyl (C=O) groups excluding carboxylic acids is 1. The van der Waals surface area contributed by atoms with E-state index in [4.69, 9.17) is 14.7 Å². The summed E-state index contributed by atoms with van der Waals surface area (Å²) in [7, 11) is 0. The highest BCUT2D eigenvalue weighted by Crippen LogP contribution is 2.40. The Bertz CT molecular complexity index is 1120. The third-order valence-electron chi connectivity index (χ3n) is 5.72. The summed E-state index contributed by atoms with van der Waals surface area (Å²) >= 11 is 1.59. The number of thiophene rings is 1. The number of nitrogens with one attached hydrogen (secondary N) is 3. The van der Waals surface area contributed by atoms with Crippen LogP contribution >= 0.6 is 11.3 Å². The van der Waals surface area contributed by atoms with Crippen molar-refractivity contribution in [2.45, 2.75) is 70.7 Å². The van der Waals surface area contributed by atoms with Crippen LogP contribution in [0, 0.1) is 6.92 Å². The maximum absolute atomic E-state index is 12.7. The van der Waals surface area contributed by atoms with Gasteiger partial charge in [0, 0.05) is 12.1 Å². The third kappa shape index (κ3) is 3.91. The minimum Gasteiger partial charge on any atom is -0.444 e. The highest BCUT2D eigenvalue weighted by Gasteiger charge is 2.50. The molecule has 3 N–H and O–H groups in total. The van der Waals surface area contributed by atoms with E-state index in [0.717, 1.165) is 46.8 Å². The molecule has 0 saturated carbocycles. The number of rotatable bonds is 4. The SMILES string of the molecule is Cc1cc(Nc2nc(N[C@@H]3C[C@H]4CC[C@@H]3N4C(=O)OC(C)(C)C)nc3ccsc23)[nH]n1. The Labute approximate surface area is 184 Å². The molecule has 5 rings (SSSR count). The van der Waals surface area contributed by atoms with Crippen LogP contribution in [0.4, 0.5) is 22.4 Å². The van der Waals surface area contributed by atoms with Crippen LogP contribution < -0.4 is 10.6 Å². The zero-order valence-electron chi connectivity index (χ0n) is 18.1. The van der Waals surface area contributed by atoms with E-state index in [0.29, 0.717) is 5.95 Å². The summed E-state index contributed by atoms with van der Waals surface area (Å²) in [6.07, 6.45) is 2.62. The van der Waals surface area contributed by atoms with Crippen molar-refractivity contribution in [1.82, 2.24) is 25.1 Å². The standard InChI is InChI=1S/C21H27N7O2S/c1-11-9-16(27-26-11)24-18-17-13(7-8-31-17)22-19(25-18)23-14-10-12-5-6-15(14)28(12)20(29)30-21(2,3)4/h7-9,12,14-15H,5-6,10H2,1-4H3,(H3,22,23,24,25,26,27)/t12-,14-,15+/m1/s1. The molecule has 0 unspecified atom stereocenters. The molecule has 164 valence electrons. The summed E-state index contributed by atoms with van der Waals surface area (Å²) in [6.45, 7) is 7.63. The summed E-state index contributed by atoms with van der Waals surface area (Å²) in [5.41, 5.74) is 1.29. The number of nitrogens with zero attached hydrogens (tertiary/aromatic N) is 4. The Morgan fingerprint density at radius 3 is 2.90 bits per heavy atom. The molecule has 0 radical (unpaired) electrons. The van der Waals surface area contributed by atoms with Crippen molar-refractivity contribution in [1.29, 1.82) is 0 Å². The average molecular weight is 442 g/mol. The summed E-state index contributed by atoms with van der Waals surface area (Å²) < 4.78 is 6.63. The number of amides is 1. The molecule has 1 amide bonds. The minimum absolute atomic E-state index is 0.0910. The normalized spacial score (nSPS) is 22.8. The van der Waals surface area contributed by atoms with Crippen LogP contribution in [0.1, 0.15) is 45.7 Å². The lowest BCUT2D eigenvalue weighted by Gasteiger charge is -2.28. The van der Waals surface area contributed by atoms with Crippen molar-refractivity contribution in [2.24, 2.45) is 0 Å². The molecule has 0 aliphatic carbocycles. The Balaban J connectivity index is 1.37. The number of aromatic nitrogens is 4. The summed E-state index contributed by atoms with van der Waals surface area (Å²) in [5.74, 6) is 2.08. The summed E-state index contributed by atoms with van der Waals surface area (Å²) in [4.78, 5) is 24.1. The highest BCUT2D eigenvalue weighted by atomic mass is 32.1. The lowest BCUT2D eigenvalue weighted by atomic mass is 9.96. The monoisotopic (exact) mass is 441 g/mol. The van der Waals surface area contributed by atoms with Gasteiger partial charge >= 0.3 is 6.09 Å². The second-order valence-electron chi connectivity index (χ2n) is 9.25. The van der Waals surface area contributed by atoms with E-state index in [1.165, 1.54) is 0 Å². The second-order valence-corrected chi connectivity index (χ2v) is 10.2. The van der Waals surface area contributed by atoms with Gasteiger partial charge in [0.1, 0.15) is 11.4 Å². The van der Waals surface area contributed by atoms with E-state index >= 15 is 0 Å². The maximum atomic E-state index is 12.7. The van der Waals surface area contributed by atoms with Crippen LogP contribution in [-0.2, 0) is 4.74 Å². The molecule has 2 aliphatic heterocycles. The van der Waals surface area contributed by atoms with Gasteiger partial charge in [-0.25, -0.2) is 9.78 Å². The van der Waals surface area contributed by atoms with Gasteiger partial charge < -0.3 is 20.3 Å². The molecule has 3 atom stereocenters. The molecule has 2 saturated heterocycles. The van der Waals surface area contributed by atoms with Crippen LogP contribution in [0.2, 0.25) is 0 Å². The van der Waals surface area contributed by atoms with Crippen LogP contribution in [0.5, 0.6) is 0 Å². The molecule has 0 spiro atoms. The van der Waals surface area contributed by atoms with E-state index in [1.807, 2.05) is 50.1 Å². The Morgan fingerprint density at radius 1 is 1.32 bits per heavy atom. The number of aromatic amines is 1. The first kappa shape index (κ1) is 20.0. The average Bonchev–Trinajstić information content (AvgIpc) is 3.44. The Hall–Kier alpha value is -2.88. The van der Waals surface area contributed by atoms with Crippen molar-refractivity contribution in [2.75, 3.05) is 10.6 Å². The summed E-state index contributed by atoms with van der Waals surface area (Å²) in [5, 5.41) is 16.0. The van der Waals surface area contributed by atoms with E-state index in [9.17, 15) is 4.79 Å². The zero-order valence-corrected chi connectivity index (χ0v) is 18.9. The van der Waals surface area contributed by atoms with Crippen LogP contribution in [-0.4, -0.2) is 54.9 Å². The van der Waals surface area contributed by atoms with Crippen molar-refractivity contribution in [3.63, 3.8) is 0 Å². The largest absolute Gasteiger partial charge is 0.444 e. The number of aryl methyl sites for hydroxylation is 1. The van der Waals surface area contributed by atoms with Crippen molar-refractivity contribution < 1.29 is 9.53 Å². The lowest BCUT2D eigenvalue weighted by molar-refractivity contribution is 0.0214. The number of hydrogen-bond acceptors (Lipinski definition) is 8. The van der Waals surface area contributed by atoms with Gasteiger partial charge in [0.25, 0.3) is 0 Å². The van der Waals surface area contributed by atoms with Gasteiger partial charge in [0.15, 0.2) is 5.82 Å². The molecule has 3 aromatic rings. The predicted molar refractivity (Wildman–Crippen MR) is 121 cm³/mol. The maximum Gasteiger partial charge on any atom is 0.410 e. The molecular weight excluding hydrogens is 414 g/mol. The van der Waals surface area contributed by atoms with Gasteiger partial charge in [0.05, 0.1) is 28.0 Å². The van der Waals surface area contributed by atoms with Gasteiger partial charge in [0.2, 0.25) is 5.95 Å². The van der Waals surface area contributed by atoms with Gasteiger partial charge in [-0.3, -0.25) is 5.10 Å². The fourth-order valence-electron chi connectivity index (χ4n) is 4.54. The minimum atomic E-state index is -0.499. The van der Waals surface area contributed by atoms with Crippen molar-refractivity contribution in [3.8, 4) is 0 Å². The van der Waals surface area contributed by atoms with E-state index < -0.39 is 5.60 Å². The Kier molecular flexibility index (Phi) is 4.76. The molecular formula is C21H27N7O2S. The number of ether oxygens (including phenoxy) is 1. The fraction of sp³-hybridized carbons (Fsp3) is 0.524. The molecule has 2 fully saturated rings. The molecule has 2 aliphatic rings. The molecule has 10 heteroatoms. The molecule has 2 bridgehead atoms. The zero-order chi connectivity index (χ0) is 21.8. The lowest BCUT2D eigenvalue weighted by Crippen LogP contribution is -2.42. The third-order valence-corrected chi connectivity index (χ3v) is 6.63. The quantitative estimate of drug-likeness (QED) is 0.550. The van der Waals surface area contributed by atoms with Gasteiger partial charge in [-0.15, -0.1) is 11.3 Å². The topological polar surface area (TPSA) is 108 Å². The smallest absolute Gasteiger partial charge is 0.410 e.